The average Bonchev–Trinajstić information content (AvgIpc) is 2.96. The number of aryl methyl sites for hydroxylation is 1. The number of piperazine rings is 1. The van der Waals surface area contributed by atoms with Crippen LogP contribution in [0.5, 0.6) is 0 Å². The summed E-state index contributed by atoms with van der Waals surface area (Å²) in [4.78, 5) is 86.4. The van der Waals surface area contributed by atoms with Crippen molar-refractivity contribution in [2.24, 2.45) is 35.5 Å². The predicted molar refractivity (Wildman–Crippen MR) is 335 cm³/mol. The number of aliphatic hydroxyl groups is 2. The Kier molecular flexibility index (Phi) is 29.4. The summed E-state index contributed by atoms with van der Waals surface area (Å²) >= 11 is 0. The van der Waals surface area contributed by atoms with E-state index >= 15 is 0 Å². The fourth-order valence-electron chi connectivity index (χ4n) is 13.4. The summed E-state index contributed by atoms with van der Waals surface area (Å²) in [5, 5.41) is 23.9. The number of ketones is 2. The van der Waals surface area contributed by atoms with E-state index in [0.29, 0.717) is 82.2 Å². The number of nitrogens with zero attached hydrogens (tertiary/aromatic N) is 5. The number of aromatic nitrogens is 2. The molecule has 1 aliphatic carbocycles. The Balaban J connectivity index is 1.17. The third-order valence-electron chi connectivity index (χ3n) is 19.1. The van der Waals surface area contributed by atoms with Gasteiger partial charge in [-0.15, -0.1) is 0 Å². The zero-order valence-corrected chi connectivity index (χ0v) is 55.0. The lowest BCUT2D eigenvalue weighted by molar-refractivity contribution is -0.265. The number of rotatable bonds is 17. The molecule has 1 amide bonds. The number of hydrogen-bond donors (Lipinski definition) is 2. The third kappa shape index (κ3) is 20.4. The Morgan fingerprint density at radius 2 is 1.52 bits per heavy atom. The lowest BCUT2D eigenvalue weighted by Crippen LogP contribution is -2.61. The topological polar surface area (TPSA) is 235 Å². The highest BCUT2D eigenvalue weighted by atomic mass is 16.6. The molecule has 1 aromatic heterocycles. The maximum absolute atomic E-state index is 14.9. The van der Waals surface area contributed by atoms with Gasteiger partial charge < -0.3 is 57.9 Å². The molecule has 3 saturated heterocycles. The van der Waals surface area contributed by atoms with Gasteiger partial charge in [-0.1, -0.05) is 78.0 Å². The zero-order valence-electron chi connectivity index (χ0n) is 55.0. The van der Waals surface area contributed by atoms with Crippen molar-refractivity contribution < 1.29 is 72.1 Å². The number of esters is 2. The van der Waals surface area contributed by atoms with Crippen molar-refractivity contribution in [3.8, 4) is 0 Å². The van der Waals surface area contributed by atoms with E-state index in [9.17, 15) is 34.2 Å². The maximum atomic E-state index is 14.9. The van der Waals surface area contributed by atoms with E-state index in [1.807, 2.05) is 71.1 Å². The van der Waals surface area contributed by atoms with E-state index in [0.717, 1.165) is 63.5 Å². The Morgan fingerprint density at radius 3 is 2.20 bits per heavy atom. The summed E-state index contributed by atoms with van der Waals surface area (Å²) in [6, 6.07) is -1.12. The summed E-state index contributed by atoms with van der Waals surface area (Å²) in [5.74, 6) is -6.74. The first-order valence-corrected chi connectivity index (χ1v) is 32.7. The molecule has 5 heterocycles. The fourth-order valence-corrected chi connectivity index (χ4v) is 13.4. The average molecular weight is 1230 g/mol. The molecule has 5 aliphatic rings. The van der Waals surface area contributed by atoms with Crippen molar-refractivity contribution in [3.05, 3.63) is 65.6 Å². The highest BCUT2D eigenvalue weighted by Gasteiger charge is 2.53. The molecule has 0 radical (unpaired) electrons. The third-order valence-corrected chi connectivity index (χ3v) is 19.1. The Hall–Kier alpha value is -4.77. The number of carbonyl (C=O) groups excluding carboxylic acids is 5. The lowest BCUT2D eigenvalue weighted by Gasteiger charge is -2.43. The summed E-state index contributed by atoms with van der Waals surface area (Å²) in [6.07, 6.45) is 17.0. The smallest absolute Gasteiger partial charge is 0.329 e. The Bertz CT molecular complexity index is 2500. The first-order chi connectivity index (χ1) is 42.1. The molecule has 20 nitrogen and oxygen atoms in total. The SMILES string of the molecule is CCCOCCN1CCN(c2ncc(CCC(=O)O[C@@H]3CC[C@@H](C[C@@H](C)[C@@H]4C[C@@H](OC)[C@H](C)/C=C(\C)[C@@H](O)[C@@H](OC)C(=O)[C@H](C)C[C@H](C)/C=C/C=C/C=C(\C)[C@@H](OC)C[C@@H]5CC[C@@H](C)[C@@](O)(O5)C(=O)C(=O)N5CCCC[C@H]5C(=O)O4)C[C@H]3OC)cn2)CC1. The van der Waals surface area contributed by atoms with Gasteiger partial charge in [0.2, 0.25) is 11.7 Å². The van der Waals surface area contributed by atoms with Gasteiger partial charge in [0.05, 0.1) is 31.0 Å². The van der Waals surface area contributed by atoms with E-state index in [1.54, 1.807) is 47.6 Å². The second-order valence-electron chi connectivity index (χ2n) is 25.8. The molecule has 0 spiro atoms. The molecule has 0 aromatic carbocycles. The first-order valence-electron chi connectivity index (χ1n) is 32.7. The van der Waals surface area contributed by atoms with Gasteiger partial charge in [-0.2, -0.15) is 0 Å². The second kappa shape index (κ2) is 35.7. The van der Waals surface area contributed by atoms with Gasteiger partial charge in [0, 0.05) is 124 Å². The van der Waals surface area contributed by atoms with Crippen LogP contribution in [0.1, 0.15) is 151 Å². The van der Waals surface area contributed by atoms with Crippen molar-refractivity contribution in [1.29, 1.82) is 0 Å². The summed E-state index contributed by atoms with van der Waals surface area (Å²) in [5.41, 5.74) is 2.25. The second-order valence-corrected chi connectivity index (χ2v) is 25.8. The zero-order chi connectivity index (χ0) is 64.1. The molecule has 20 heteroatoms. The molecule has 6 rings (SSSR count). The van der Waals surface area contributed by atoms with Gasteiger partial charge in [-0.3, -0.25) is 24.1 Å². The number of carbonyl (C=O) groups is 5. The van der Waals surface area contributed by atoms with Crippen molar-refractivity contribution in [3.63, 3.8) is 0 Å². The summed E-state index contributed by atoms with van der Waals surface area (Å²) in [7, 11) is 6.22. The molecule has 1 aromatic rings. The van der Waals surface area contributed by atoms with Gasteiger partial charge in [0.25, 0.3) is 11.7 Å². The van der Waals surface area contributed by atoms with E-state index < -0.39 is 84.1 Å². The number of amides is 1. The molecule has 4 fully saturated rings. The number of fused-ring (bicyclic) bond motifs is 3. The summed E-state index contributed by atoms with van der Waals surface area (Å²) < 4.78 is 48.4. The van der Waals surface area contributed by atoms with E-state index in [2.05, 4.69) is 26.7 Å². The standard InChI is InChI=1S/C68H107N5O15/c1-13-34-85-35-33-71-29-31-72(32-30-71)67-69-42-52(43-70-67)24-27-60(74)86-55-26-23-51(39-59(55)83-11)38-47(5)58-41-57(82-10)46(4)37-49(7)62(76)63(84-12)61(75)48(6)36-44(2)19-15-14-16-20-45(3)56(81-9)40-53-25-22-50(8)68(80,88-53)64(77)65(78)73-28-18-17-21-54(73)66(79)87-58/h14-16,19-20,37,42-44,46-48,50-51,53-59,62-63,76,80H,13,17-18,21-36,38-41H2,1-12H3/b16-14+,19-15+,45-20+,49-37+/t44-,46-,47-,48-,50-,51+,53+,54+,55-,56+,57-,58+,59-,62-,63+,68-/m1/s1. The first kappa shape index (κ1) is 72.3. The number of cyclic esters (lactones) is 1. The van der Waals surface area contributed by atoms with Gasteiger partial charge in [0.1, 0.15) is 30.5 Å². The van der Waals surface area contributed by atoms with Crippen LogP contribution in [-0.2, 0) is 68.3 Å². The van der Waals surface area contributed by atoms with Gasteiger partial charge in [-0.05, 0) is 125 Å². The molecule has 2 bridgehead atoms. The fraction of sp³-hybridized carbons (Fsp3) is 0.750. The normalized spacial score (nSPS) is 35.0. The molecule has 16 atom stereocenters. The van der Waals surface area contributed by atoms with Crippen molar-refractivity contribution >= 4 is 35.4 Å². The minimum Gasteiger partial charge on any atom is -0.460 e. The number of allylic oxidation sites excluding steroid dienone is 5. The Labute approximate surface area is 524 Å². The highest BCUT2D eigenvalue weighted by Crippen LogP contribution is 2.39. The number of methoxy groups -OCH3 is 4. The number of hydrogen-bond acceptors (Lipinski definition) is 19. The van der Waals surface area contributed by atoms with Crippen LogP contribution in [0.2, 0.25) is 0 Å². The number of piperidine rings is 1. The molecule has 2 N–H and O–H groups in total. The van der Waals surface area contributed by atoms with Crippen LogP contribution in [0.25, 0.3) is 0 Å². The van der Waals surface area contributed by atoms with Crippen molar-refractivity contribution in [1.82, 2.24) is 19.8 Å². The highest BCUT2D eigenvalue weighted by molar-refractivity contribution is 6.39. The number of anilines is 1. The van der Waals surface area contributed by atoms with Crippen molar-refractivity contribution in [2.45, 2.75) is 212 Å². The number of ether oxygens (including phenoxy) is 8. The largest absolute Gasteiger partial charge is 0.460 e. The van der Waals surface area contributed by atoms with E-state index in [-0.39, 0.29) is 67.3 Å². The molecule has 88 heavy (non-hydrogen) atoms. The van der Waals surface area contributed by atoms with Crippen LogP contribution in [0, 0.1) is 35.5 Å². The van der Waals surface area contributed by atoms with Gasteiger partial charge in [0.15, 0.2) is 5.78 Å². The minimum absolute atomic E-state index is 0.0251. The van der Waals surface area contributed by atoms with Crippen LogP contribution < -0.4 is 4.90 Å². The molecule has 4 aliphatic heterocycles. The van der Waals surface area contributed by atoms with E-state index in [4.69, 9.17) is 37.9 Å². The molecule has 494 valence electrons. The Morgan fingerprint density at radius 1 is 0.795 bits per heavy atom. The van der Waals surface area contributed by atoms with Crippen LogP contribution in [-0.4, -0.2) is 201 Å². The molecule has 1 saturated carbocycles. The number of Topliss-reactive ketones (excluding diaryl/α,β-unsaturated/α-hetero) is 2. The van der Waals surface area contributed by atoms with Crippen LogP contribution in [0.4, 0.5) is 5.95 Å². The lowest BCUT2D eigenvalue weighted by atomic mass is 9.78. The van der Waals surface area contributed by atoms with Gasteiger partial charge in [-0.25, -0.2) is 14.8 Å². The van der Waals surface area contributed by atoms with Gasteiger partial charge >= 0.3 is 11.9 Å². The molecule has 0 unspecified atom stereocenters. The van der Waals surface area contributed by atoms with E-state index in [1.165, 1.54) is 12.0 Å². The maximum Gasteiger partial charge on any atom is 0.329 e. The van der Waals surface area contributed by atoms with Crippen molar-refractivity contribution in [2.75, 3.05) is 85.8 Å². The number of aliphatic hydroxyl groups excluding tert-OH is 1. The molecular weight excluding hydrogens is 1130 g/mol. The van der Waals surface area contributed by atoms with Crippen LogP contribution in [0.3, 0.4) is 0 Å². The summed E-state index contributed by atoms with van der Waals surface area (Å²) in [6.45, 7) is 21.4. The monoisotopic (exact) mass is 1230 g/mol. The van der Waals surface area contributed by atoms with Crippen LogP contribution >= 0.6 is 0 Å². The van der Waals surface area contributed by atoms with Crippen LogP contribution in [0.15, 0.2) is 60.0 Å². The quantitative estimate of drug-likeness (QED) is 0.0648. The molecular formula is C68H107N5O15. The predicted octanol–water partition coefficient (Wildman–Crippen LogP) is 8.15. The minimum atomic E-state index is -2.44.